The molecule has 0 bridgehead atoms. The van der Waals surface area contributed by atoms with E-state index in [1.165, 1.54) is 18.9 Å². The van der Waals surface area contributed by atoms with Crippen molar-refractivity contribution < 1.29 is 28.2 Å². The van der Waals surface area contributed by atoms with Crippen molar-refractivity contribution in [2.24, 2.45) is 0 Å². The number of hydrogen-bond donors (Lipinski definition) is 1. The second-order valence-electron chi connectivity index (χ2n) is 11.4. The van der Waals surface area contributed by atoms with Crippen LogP contribution in [0, 0.1) is 0 Å². The molecule has 0 aromatic heterocycles. The zero-order chi connectivity index (χ0) is 26.6. The third kappa shape index (κ3) is 13.1. The molecule has 0 aromatic rings. The number of aliphatic hydroxyl groups excluding tert-OH is 1. The molecule has 3 unspecified atom stereocenters. The van der Waals surface area contributed by atoms with Crippen molar-refractivity contribution in [3.63, 3.8) is 0 Å². The average molecular weight is 535 g/mol. The van der Waals surface area contributed by atoms with Crippen molar-refractivity contribution in [3.05, 3.63) is 12.2 Å². The average Bonchev–Trinajstić information content (AvgIpc) is 2.74. The quantitative estimate of drug-likeness (QED) is 0.0938. The van der Waals surface area contributed by atoms with E-state index in [0.29, 0.717) is 12.2 Å². The third-order valence-electron chi connectivity index (χ3n) is 6.56. The van der Waals surface area contributed by atoms with E-state index >= 15 is 0 Å². The molecule has 0 aliphatic rings. The van der Waals surface area contributed by atoms with E-state index in [4.69, 9.17) is 18.3 Å². The highest BCUT2D eigenvalue weighted by Crippen LogP contribution is 2.29. The lowest BCUT2D eigenvalue weighted by atomic mass is 10.3. The Balaban J connectivity index is 4.70. The van der Waals surface area contributed by atoms with E-state index in [0.717, 1.165) is 18.9 Å². The first-order valence-electron chi connectivity index (χ1n) is 13.0. The molecule has 3 atom stereocenters. The summed E-state index contributed by atoms with van der Waals surface area (Å²) in [5, 5.41) is 9.40. The molecule has 0 aliphatic carbocycles. The van der Waals surface area contributed by atoms with Crippen LogP contribution in [0.15, 0.2) is 12.2 Å². The Hall–Kier alpha value is -0.299. The second kappa shape index (κ2) is 15.7. The molecule has 34 heavy (non-hydrogen) atoms. The summed E-state index contributed by atoms with van der Waals surface area (Å²) in [6, 6.07) is 2.30. The maximum absolute atomic E-state index is 11.6. The Morgan fingerprint density at radius 3 is 2.12 bits per heavy atom. The normalized spacial score (nSPS) is 15.6. The Labute approximate surface area is 213 Å². The van der Waals surface area contributed by atoms with Gasteiger partial charge in [0.25, 0.3) is 0 Å². The summed E-state index contributed by atoms with van der Waals surface area (Å²) >= 11 is 0. The van der Waals surface area contributed by atoms with Crippen molar-refractivity contribution in [2.75, 3.05) is 19.8 Å². The number of hydrogen-bond acceptors (Lipinski definition) is 6. The van der Waals surface area contributed by atoms with Crippen molar-refractivity contribution in [2.45, 2.75) is 122 Å². The molecule has 0 rings (SSSR count). The van der Waals surface area contributed by atoms with Gasteiger partial charge in [0.15, 0.2) is 8.32 Å². The zero-order valence-electron chi connectivity index (χ0n) is 23.8. The minimum absolute atomic E-state index is 0.191. The van der Waals surface area contributed by atoms with Gasteiger partial charge in [-0.3, -0.25) is 0 Å². The molecule has 0 saturated carbocycles. The third-order valence-corrected chi connectivity index (χ3v) is 16.5. The monoisotopic (exact) mass is 534 g/mol. The van der Waals surface area contributed by atoms with Crippen LogP contribution in [0.25, 0.3) is 0 Å². The number of esters is 1. The smallest absolute Gasteiger partial charge is 0.333 e. The lowest BCUT2D eigenvalue weighted by Gasteiger charge is -2.42. The van der Waals surface area contributed by atoms with E-state index in [2.05, 4.69) is 66.6 Å². The summed E-state index contributed by atoms with van der Waals surface area (Å²) in [5.74, 6) is -0.500. The molecule has 9 heteroatoms. The molecule has 0 radical (unpaired) electrons. The second-order valence-corrected chi connectivity index (χ2v) is 25.0. The van der Waals surface area contributed by atoms with Gasteiger partial charge in [0, 0.05) is 17.9 Å². The van der Waals surface area contributed by atoms with Crippen molar-refractivity contribution in [1.29, 1.82) is 0 Å². The number of aliphatic hydroxyl groups is 1. The molecular formula is C25H54O6Si3. The van der Waals surface area contributed by atoms with Crippen LogP contribution in [-0.2, 0) is 23.1 Å². The van der Waals surface area contributed by atoms with Gasteiger partial charge in [-0.15, -0.1) is 0 Å². The molecule has 0 aliphatic heterocycles. The largest absolute Gasteiger partial charge is 0.454 e. The Morgan fingerprint density at radius 2 is 1.62 bits per heavy atom. The maximum Gasteiger partial charge on any atom is 0.333 e. The Kier molecular flexibility index (Phi) is 15.6. The highest BCUT2D eigenvalue weighted by Gasteiger charge is 2.41. The van der Waals surface area contributed by atoms with Crippen molar-refractivity contribution in [3.8, 4) is 0 Å². The number of carbonyl (C=O) groups is 1. The summed E-state index contributed by atoms with van der Waals surface area (Å²) in [5.41, 5.74) is 0.794. The van der Waals surface area contributed by atoms with Gasteiger partial charge in [-0.05, 0) is 58.9 Å². The molecule has 0 heterocycles. The minimum atomic E-state index is -2.02. The van der Waals surface area contributed by atoms with Crippen molar-refractivity contribution in [1.82, 2.24) is 0 Å². The van der Waals surface area contributed by atoms with Gasteiger partial charge in [0.05, 0.1) is 27.0 Å². The summed E-state index contributed by atoms with van der Waals surface area (Å²) in [6.07, 6.45) is 3.74. The molecule has 0 saturated heterocycles. The molecule has 0 amide bonds. The fourth-order valence-corrected chi connectivity index (χ4v) is 13.9. The van der Waals surface area contributed by atoms with Crippen LogP contribution < -0.4 is 0 Å². The maximum atomic E-state index is 11.6. The first-order chi connectivity index (χ1) is 15.6. The van der Waals surface area contributed by atoms with Gasteiger partial charge in [0.2, 0.25) is 8.32 Å². The predicted octanol–water partition coefficient (Wildman–Crippen LogP) is 6.07. The molecular weight excluding hydrogens is 481 g/mol. The first-order valence-corrected chi connectivity index (χ1v) is 22.4. The number of ether oxygens (including phenoxy) is 2. The predicted molar refractivity (Wildman–Crippen MR) is 150 cm³/mol. The van der Waals surface area contributed by atoms with Crippen LogP contribution in [0.5, 0.6) is 0 Å². The standard InChI is InChI=1S/C25H54O6Si3/c1-12-14-18-33(8,9)31-24(13-2)34(10,11)30-22(5)32(6,7)17-15-16-28-20-23(19-26)29-25(27)21(3)4/h22-24,26H,3,12-20H2,1-2,4-11H3. The number of unbranched alkanes of at least 4 members (excludes halogenated alkanes) is 1. The summed E-state index contributed by atoms with van der Waals surface area (Å²) in [6.45, 7) is 26.5. The van der Waals surface area contributed by atoms with Crippen LogP contribution in [0.2, 0.25) is 51.4 Å². The molecule has 0 aromatic carbocycles. The van der Waals surface area contributed by atoms with Gasteiger partial charge in [0.1, 0.15) is 6.10 Å². The molecule has 6 nitrogen and oxygen atoms in total. The summed E-state index contributed by atoms with van der Waals surface area (Å²) < 4.78 is 24.5. The SMILES string of the molecule is C=C(C)C(=O)OC(CO)COCCC[Si](C)(C)C(C)O[Si](C)(C)C(CC)O[Si](C)(C)CCCC. The molecule has 202 valence electrons. The van der Waals surface area contributed by atoms with Gasteiger partial charge in [-0.2, -0.15) is 0 Å². The summed E-state index contributed by atoms with van der Waals surface area (Å²) in [4.78, 5) is 11.6. The van der Waals surface area contributed by atoms with Gasteiger partial charge < -0.3 is 23.4 Å². The van der Waals surface area contributed by atoms with Gasteiger partial charge in [-0.25, -0.2) is 4.79 Å². The number of rotatable bonds is 19. The van der Waals surface area contributed by atoms with Crippen molar-refractivity contribution >= 4 is 30.7 Å². The summed E-state index contributed by atoms with van der Waals surface area (Å²) in [7, 11) is -5.34. The van der Waals surface area contributed by atoms with E-state index in [1.54, 1.807) is 6.92 Å². The highest BCUT2D eigenvalue weighted by atomic mass is 28.4. The molecule has 0 spiro atoms. The van der Waals surface area contributed by atoms with Crippen LogP contribution in [0.1, 0.15) is 53.4 Å². The lowest BCUT2D eigenvalue weighted by Crippen LogP contribution is -2.56. The van der Waals surface area contributed by atoms with Gasteiger partial charge >= 0.3 is 5.97 Å². The van der Waals surface area contributed by atoms with E-state index < -0.39 is 36.8 Å². The molecule has 1 N–H and O–H groups in total. The van der Waals surface area contributed by atoms with Crippen LogP contribution in [0.4, 0.5) is 0 Å². The van der Waals surface area contributed by atoms with E-state index in [1.807, 2.05) is 0 Å². The Morgan fingerprint density at radius 1 is 1.00 bits per heavy atom. The van der Waals surface area contributed by atoms with Crippen LogP contribution in [-0.4, -0.2) is 73.2 Å². The fraction of sp³-hybridized carbons (Fsp3) is 0.880. The zero-order valence-corrected chi connectivity index (χ0v) is 26.8. The van der Waals surface area contributed by atoms with Gasteiger partial charge in [-0.1, -0.05) is 52.4 Å². The van der Waals surface area contributed by atoms with E-state index in [9.17, 15) is 9.90 Å². The van der Waals surface area contributed by atoms with Crippen LogP contribution in [0.3, 0.4) is 0 Å². The lowest BCUT2D eigenvalue weighted by molar-refractivity contribution is -0.149. The van der Waals surface area contributed by atoms with Crippen LogP contribution >= 0.6 is 0 Å². The fourth-order valence-electron chi connectivity index (χ4n) is 3.88. The number of carbonyl (C=O) groups excluding carboxylic acids is 1. The van der Waals surface area contributed by atoms with E-state index in [-0.39, 0.29) is 24.7 Å². The molecule has 0 fully saturated rings. The topological polar surface area (TPSA) is 74.2 Å². The Bertz CT molecular complexity index is 609. The highest BCUT2D eigenvalue weighted by molar-refractivity contribution is 6.81. The minimum Gasteiger partial charge on any atom is -0.454 e. The first kappa shape index (κ1) is 33.7.